The Bertz CT molecular complexity index is 620. The van der Waals surface area contributed by atoms with Gasteiger partial charge in [0.05, 0.1) is 16.7 Å². The lowest BCUT2D eigenvalue weighted by Crippen LogP contribution is -2.10. The number of benzene rings is 1. The van der Waals surface area contributed by atoms with Gasteiger partial charge >= 0.3 is 0 Å². The Morgan fingerprint density at radius 1 is 1.19 bits per heavy atom. The summed E-state index contributed by atoms with van der Waals surface area (Å²) in [5.74, 6) is 0. The maximum atomic E-state index is 4.75. The molecule has 21 heavy (non-hydrogen) atoms. The Kier molecular flexibility index (Phi) is 4.79. The molecule has 0 saturated heterocycles. The van der Waals surface area contributed by atoms with Gasteiger partial charge in [-0.05, 0) is 44.5 Å². The quantitative estimate of drug-likeness (QED) is 0.720. The molecule has 0 bridgehead atoms. The number of aryl methyl sites for hydroxylation is 2. The summed E-state index contributed by atoms with van der Waals surface area (Å²) in [6.45, 7) is 13.0. The largest absolute Gasteiger partial charge is 0.378 e. The fraction of sp³-hybridized carbons (Fsp3) is 0.471. The number of hydrogen-bond acceptors (Lipinski definition) is 3. The second-order valence-corrected chi connectivity index (χ2v) is 8.55. The van der Waals surface area contributed by atoms with Crippen LogP contribution in [0.1, 0.15) is 54.9 Å². The lowest BCUT2D eigenvalue weighted by Gasteiger charge is -2.16. The topological polar surface area (TPSA) is 24.9 Å². The van der Waals surface area contributed by atoms with Crippen LogP contribution in [-0.4, -0.2) is 4.98 Å². The van der Waals surface area contributed by atoms with Gasteiger partial charge in [0.25, 0.3) is 0 Å². The van der Waals surface area contributed by atoms with Crippen molar-refractivity contribution < 1.29 is 0 Å². The molecule has 0 amide bonds. The molecule has 1 N–H and O–H groups in total. The molecule has 114 valence electrons. The number of nitrogens with one attached hydrogen (secondary N) is 1. The molecule has 0 radical (unpaired) electrons. The molecule has 0 saturated carbocycles. The first-order valence-electron chi connectivity index (χ1n) is 7.18. The number of hydrogen-bond donors (Lipinski definition) is 1. The third-order valence-corrected chi connectivity index (χ3v) is 5.52. The highest BCUT2D eigenvalue weighted by Gasteiger charge is 2.22. The van der Waals surface area contributed by atoms with E-state index in [2.05, 4.69) is 81.0 Å². The number of thiazole rings is 1. The zero-order chi connectivity index (χ0) is 15.8. The first-order valence-corrected chi connectivity index (χ1v) is 8.79. The Balaban J connectivity index is 2.24. The first kappa shape index (κ1) is 16.5. The Morgan fingerprint density at radius 3 is 2.38 bits per heavy atom. The summed E-state index contributed by atoms with van der Waals surface area (Å²) < 4.78 is 1.11. The predicted octanol–water partition coefficient (Wildman–Crippen LogP) is 5.99. The predicted molar refractivity (Wildman–Crippen MR) is 96.5 cm³/mol. The van der Waals surface area contributed by atoms with Gasteiger partial charge in [-0.3, -0.25) is 0 Å². The van der Waals surface area contributed by atoms with Crippen LogP contribution in [-0.2, 0) is 5.41 Å². The first-order chi connectivity index (χ1) is 9.66. The monoisotopic (exact) mass is 366 g/mol. The average molecular weight is 367 g/mol. The highest BCUT2D eigenvalue weighted by Crippen LogP contribution is 2.34. The standard InChI is InChI=1S/C17H23BrN2S/c1-10-7-13(18)9-14(8-10)19-11(2)15-12(3)20-16(21-15)17(4,5)6/h7-9,11,19H,1-6H3. The van der Waals surface area contributed by atoms with Crippen LogP contribution < -0.4 is 5.32 Å². The molecule has 2 aromatic rings. The molecule has 0 fully saturated rings. The van der Waals surface area contributed by atoms with E-state index in [4.69, 9.17) is 4.98 Å². The number of anilines is 1. The Morgan fingerprint density at radius 2 is 1.86 bits per heavy atom. The van der Waals surface area contributed by atoms with Crippen molar-refractivity contribution in [2.24, 2.45) is 0 Å². The number of rotatable bonds is 3. The summed E-state index contributed by atoms with van der Waals surface area (Å²) in [5, 5.41) is 4.79. The fourth-order valence-corrected chi connectivity index (χ4v) is 4.00. The molecule has 0 aliphatic rings. The van der Waals surface area contributed by atoms with Crippen LogP contribution in [0.3, 0.4) is 0 Å². The van der Waals surface area contributed by atoms with Crippen LogP contribution in [0, 0.1) is 13.8 Å². The summed E-state index contributed by atoms with van der Waals surface area (Å²) in [5.41, 5.74) is 3.63. The normalized spacial score (nSPS) is 13.3. The molecule has 1 heterocycles. The number of nitrogens with zero attached hydrogens (tertiary/aromatic N) is 1. The Labute approximate surface area is 140 Å². The van der Waals surface area contributed by atoms with Crippen molar-refractivity contribution in [2.45, 2.75) is 53.0 Å². The van der Waals surface area contributed by atoms with E-state index in [1.165, 1.54) is 15.4 Å². The van der Waals surface area contributed by atoms with E-state index in [0.717, 1.165) is 15.9 Å². The van der Waals surface area contributed by atoms with Gasteiger partial charge in [0.1, 0.15) is 0 Å². The van der Waals surface area contributed by atoms with Crippen LogP contribution in [0.5, 0.6) is 0 Å². The van der Waals surface area contributed by atoms with Gasteiger partial charge in [-0.25, -0.2) is 4.98 Å². The third-order valence-electron chi connectivity index (χ3n) is 3.29. The molecule has 0 aliphatic carbocycles. The molecule has 1 aromatic carbocycles. The highest BCUT2D eigenvalue weighted by molar-refractivity contribution is 9.10. The van der Waals surface area contributed by atoms with Crippen LogP contribution >= 0.6 is 27.3 Å². The van der Waals surface area contributed by atoms with Crippen LogP contribution in [0.15, 0.2) is 22.7 Å². The smallest absolute Gasteiger partial charge is 0.0985 e. The zero-order valence-corrected chi connectivity index (χ0v) is 15.9. The molecule has 2 nitrogen and oxygen atoms in total. The van der Waals surface area contributed by atoms with Crippen molar-refractivity contribution in [3.8, 4) is 0 Å². The van der Waals surface area contributed by atoms with E-state index in [1.54, 1.807) is 0 Å². The summed E-state index contributed by atoms with van der Waals surface area (Å²) in [4.78, 5) is 6.07. The molecule has 1 aromatic heterocycles. The molecular weight excluding hydrogens is 344 g/mol. The molecule has 2 rings (SSSR count). The van der Waals surface area contributed by atoms with E-state index in [0.29, 0.717) is 0 Å². The van der Waals surface area contributed by atoms with E-state index in [1.807, 2.05) is 11.3 Å². The average Bonchev–Trinajstić information content (AvgIpc) is 2.69. The summed E-state index contributed by atoms with van der Waals surface area (Å²) >= 11 is 5.37. The van der Waals surface area contributed by atoms with E-state index < -0.39 is 0 Å². The van der Waals surface area contributed by atoms with Gasteiger partial charge in [-0.1, -0.05) is 36.7 Å². The molecule has 4 heteroatoms. The van der Waals surface area contributed by atoms with Gasteiger partial charge < -0.3 is 5.32 Å². The van der Waals surface area contributed by atoms with Crippen molar-refractivity contribution >= 4 is 33.0 Å². The molecule has 0 spiro atoms. The van der Waals surface area contributed by atoms with Crippen molar-refractivity contribution in [3.05, 3.63) is 43.8 Å². The van der Waals surface area contributed by atoms with Gasteiger partial charge in [0.15, 0.2) is 0 Å². The molecule has 1 unspecified atom stereocenters. The molecule has 1 atom stereocenters. The van der Waals surface area contributed by atoms with Gasteiger partial charge in [-0.15, -0.1) is 11.3 Å². The van der Waals surface area contributed by atoms with Gasteiger partial charge in [0, 0.05) is 20.5 Å². The van der Waals surface area contributed by atoms with Gasteiger partial charge in [-0.2, -0.15) is 0 Å². The fourth-order valence-electron chi connectivity index (χ4n) is 2.27. The van der Waals surface area contributed by atoms with Gasteiger partial charge in [0.2, 0.25) is 0 Å². The van der Waals surface area contributed by atoms with E-state index in [9.17, 15) is 0 Å². The maximum Gasteiger partial charge on any atom is 0.0985 e. The van der Waals surface area contributed by atoms with Crippen molar-refractivity contribution in [3.63, 3.8) is 0 Å². The summed E-state index contributed by atoms with van der Waals surface area (Å²) in [7, 11) is 0. The molecular formula is C17H23BrN2S. The van der Waals surface area contributed by atoms with Crippen LogP contribution in [0.2, 0.25) is 0 Å². The number of aromatic nitrogens is 1. The lowest BCUT2D eigenvalue weighted by atomic mass is 9.98. The second-order valence-electron chi connectivity index (χ2n) is 6.60. The van der Waals surface area contributed by atoms with E-state index in [-0.39, 0.29) is 11.5 Å². The van der Waals surface area contributed by atoms with Crippen LogP contribution in [0.4, 0.5) is 5.69 Å². The highest BCUT2D eigenvalue weighted by atomic mass is 79.9. The van der Waals surface area contributed by atoms with Crippen molar-refractivity contribution in [1.29, 1.82) is 0 Å². The number of halogens is 1. The minimum atomic E-state index is 0.111. The molecule has 0 aliphatic heterocycles. The minimum absolute atomic E-state index is 0.111. The maximum absolute atomic E-state index is 4.75. The van der Waals surface area contributed by atoms with Crippen molar-refractivity contribution in [2.75, 3.05) is 5.32 Å². The van der Waals surface area contributed by atoms with Crippen LogP contribution in [0.25, 0.3) is 0 Å². The lowest BCUT2D eigenvalue weighted by molar-refractivity contribution is 0.584. The zero-order valence-electron chi connectivity index (χ0n) is 13.5. The van der Waals surface area contributed by atoms with Crippen molar-refractivity contribution in [1.82, 2.24) is 4.98 Å². The summed E-state index contributed by atoms with van der Waals surface area (Å²) in [6, 6.07) is 6.66. The third kappa shape index (κ3) is 4.07. The SMILES string of the molecule is Cc1cc(Br)cc(NC(C)c2sc(C(C)(C)C)nc2C)c1. The second kappa shape index (κ2) is 6.09. The summed E-state index contributed by atoms with van der Waals surface area (Å²) in [6.07, 6.45) is 0. The van der Waals surface area contributed by atoms with E-state index >= 15 is 0 Å². The minimum Gasteiger partial charge on any atom is -0.378 e. The Hall–Kier alpha value is -0.870.